The van der Waals surface area contributed by atoms with Crippen LogP contribution in [0, 0.1) is 19.8 Å². The van der Waals surface area contributed by atoms with Gasteiger partial charge in [0.15, 0.2) is 0 Å². The molecule has 0 spiro atoms. The minimum atomic E-state index is 0.656. The van der Waals surface area contributed by atoms with E-state index in [0.717, 1.165) is 25.6 Å². The molecule has 2 N–H and O–H groups in total. The summed E-state index contributed by atoms with van der Waals surface area (Å²) in [5, 5.41) is 8.27. The molecule has 0 saturated carbocycles. The minimum absolute atomic E-state index is 0.656. The fourth-order valence-corrected chi connectivity index (χ4v) is 3.17. The maximum Gasteiger partial charge on any atom is 0.0900 e. The Labute approximate surface area is 102 Å². The van der Waals surface area contributed by atoms with Crippen LogP contribution in [0.15, 0.2) is 0 Å². The van der Waals surface area contributed by atoms with Gasteiger partial charge in [-0.15, -0.1) is 11.3 Å². The SMILES string of the molecule is Cc1nc(C)c(CNC2CCNCC2C)s1. The quantitative estimate of drug-likeness (QED) is 0.845. The molecule has 4 heteroatoms. The van der Waals surface area contributed by atoms with Crippen molar-refractivity contribution in [3.05, 3.63) is 15.6 Å². The van der Waals surface area contributed by atoms with Crippen LogP contribution in [0.4, 0.5) is 0 Å². The first-order valence-electron chi connectivity index (χ1n) is 6.04. The molecule has 1 aromatic rings. The number of aryl methyl sites for hydroxylation is 2. The maximum atomic E-state index is 4.46. The number of aromatic nitrogens is 1. The molecular weight excluding hydrogens is 218 g/mol. The summed E-state index contributed by atoms with van der Waals surface area (Å²) in [6.07, 6.45) is 1.23. The van der Waals surface area contributed by atoms with Crippen LogP contribution in [-0.4, -0.2) is 24.1 Å². The molecule has 1 aliphatic rings. The van der Waals surface area contributed by atoms with Crippen molar-refractivity contribution < 1.29 is 0 Å². The van der Waals surface area contributed by atoms with E-state index in [2.05, 4.69) is 36.4 Å². The van der Waals surface area contributed by atoms with Gasteiger partial charge in [0.05, 0.1) is 10.7 Å². The van der Waals surface area contributed by atoms with Gasteiger partial charge < -0.3 is 10.6 Å². The second-order valence-electron chi connectivity index (χ2n) is 4.70. The van der Waals surface area contributed by atoms with E-state index >= 15 is 0 Å². The normalized spacial score (nSPS) is 25.9. The zero-order chi connectivity index (χ0) is 11.5. The number of thiazole rings is 1. The van der Waals surface area contributed by atoms with Gasteiger partial charge in [0.1, 0.15) is 0 Å². The second kappa shape index (κ2) is 5.25. The van der Waals surface area contributed by atoms with E-state index in [1.54, 1.807) is 0 Å². The van der Waals surface area contributed by atoms with E-state index < -0.39 is 0 Å². The fraction of sp³-hybridized carbons (Fsp3) is 0.750. The number of nitrogens with zero attached hydrogens (tertiary/aromatic N) is 1. The third-order valence-electron chi connectivity index (χ3n) is 3.31. The number of rotatable bonds is 3. The van der Waals surface area contributed by atoms with Crippen molar-refractivity contribution in [2.24, 2.45) is 5.92 Å². The third kappa shape index (κ3) is 2.81. The monoisotopic (exact) mass is 239 g/mol. The van der Waals surface area contributed by atoms with Crippen LogP contribution in [0.25, 0.3) is 0 Å². The summed E-state index contributed by atoms with van der Waals surface area (Å²) in [4.78, 5) is 5.85. The molecule has 2 unspecified atom stereocenters. The molecule has 0 amide bonds. The van der Waals surface area contributed by atoms with E-state index in [1.165, 1.54) is 22.0 Å². The van der Waals surface area contributed by atoms with Crippen molar-refractivity contribution in [2.45, 2.75) is 39.8 Å². The summed E-state index contributed by atoms with van der Waals surface area (Å²) in [5.41, 5.74) is 1.19. The predicted molar refractivity (Wildman–Crippen MR) is 68.9 cm³/mol. The molecular formula is C12H21N3S. The van der Waals surface area contributed by atoms with Gasteiger partial charge in [0.25, 0.3) is 0 Å². The molecule has 1 aromatic heterocycles. The van der Waals surface area contributed by atoms with Gasteiger partial charge in [-0.3, -0.25) is 0 Å². The summed E-state index contributed by atoms with van der Waals surface area (Å²) in [7, 11) is 0. The van der Waals surface area contributed by atoms with Crippen molar-refractivity contribution in [2.75, 3.05) is 13.1 Å². The lowest BCUT2D eigenvalue weighted by atomic mass is 9.95. The molecule has 90 valence electrons. The van der Waals surface area contributed by atoms with Crippen molar-refractivity contribution in [1.82, 2.24) is 15.6 Å². The number of hydrogen-bond acceptors (Lipinski definition) is 4. The second-order valence-corrected chi connectivity index (χ2v) is 5.99. The largest absolute Gasteiger partial charge is 0.316 e. The van der Waals surface area contributed by atoms with Gasteiger partial charge in [-0.25, -0.2) is 4.98 Å². The number of piperidine rings is 1. The Hall–Kier alpha value is -0.450. The molecule has 0 aromatic carbocycles. The summed E-state index contributed by atoms with van der Waals surface area (Å²) in [6.45, 7) is 9.75. The summed E-state index contributed by atoms with van der Waals surface area (Å²) >= 11 is 1.81. The molecule has 0 radical (unpaired) electrons. The molecule has 0 bridgehead atoms. The predicted octanol–water partition coefficient (Wildman–Crippen LogP) is 1.85. The van der Waals surface area contributed by atoms with E-state index in [4.69, 9.17) is 0 Å². The number of nitrogens with one attached hydrogen (secondary N) is 2. The average Bonchev–Trinajstić information content (AvgIpc) is 2.56. The summed E-state index contributed by atoms with van der Waals surface area (Å²) in [5.74, 6) is 0.725. The summed E-state index contributed by atoms with van der Waals surface area (Å²) in [6, 6.07) is 0.656. The van der Waals surface area contributed by atoms with Gasteiger partial charge in [-0.2, -0.15) is 0 Å². The van der Waals surface area contributed by atoms with Crippen LogP contribution in [0.1, 0.15) is 28.9 Å². The van der Waals surface area contributed by atoms with Gasteiger partial charge in [-0.05, 0) is 39.3 Å². The van der Waals surface area contributed by atoms with Crippen molar-refractivity contribution in [1.29, 1.82) is 0 Å². The van der Waals surface area contributed by atoms with E-state index in [1.807, 2.05) is 11.3 Å². The molecule has 1 saturated heterocycles. The van der Waals surface area contributed by atoms with Crippen molar-refractivity contribution >= 4 is 11.3 Å². The lowest BCUT2D eigenvalue weighted by Gasteiger charge is -2.30. The zero-order valence-corrected chi connectivity index (χ0v) is 11.2. The van der Waals surface area contributed by atoms with Crippen LogP contribution in [0.3, 0.4) is 0 Å². The highest BCUT2D eigenvalue weighted by Gasteiger charge is 2.20. The Bertz CT molecular complexity index is 348. The van der Waals surface area contributed by atoms with Crippen LogP contribution < -0.4 is 10.6 Å². The Morgan fingerprint density at radius 2 is 2.31 bits per heavy atom. The Morgan fingerprint density at radius 3 is 2.94 bits per heavy atom. The average molecular weight is 239 g/mol. The van der Waals surface area contributed by atoms with Crippen LogP contribution >= 0.6 is 11.3 Å². The van der Waals surface area contributed by atoms with Crippen LogP contribution in [0.5, 0.6) is 0 Å². The summed E-state index contributed by atoms with van der Waals surface area (Å²) < 4.78 is 0. The van der Waals surface area contributed by atoms with Crippen LogP contribution in [0.2, 0.25) is 0 Å². The fourth-order valence-electron chi connectivity index (χ4n) is 2.28. The van der Waals surface area contributed by atoms with E-state index in [0.29, 0.717) is 6.04 Å². The lowest BCUT2D eigenvalue weighted by Crippen LogP contribution is -2.45. The molecule has 2 rings (SSSR count). The molecule has 2 atom stereocenters. The van der Waals surface area contributed by atoms with Crippen molar-refractivity contribution in [3.8, 4) is 0 Å². The smallest absolute Gasteiger partial charge is 0.0900 e. The van der Waals surface area contributed by atoms with Gasteiger partial charge in [0.2, 0.25) is 0 Å². The first kappa shape index (κ1) is 12.0. The van der Waals surface area contributed by atoms with Crippen molar-refractivity contribution in [3.63, 3.8) is 0 Å². The maximum absolute atomic E-state index is 4.46. The highest BCUT2D eigenvalue weighted by Crippen LogP contribution is 2.18. The molecule has 1 aliphatic heterocycles. The Balaban J connectivity index is 1.89. The van der Waals surface area contributed by atoms with E-state index in [9.17, 15) is 0 Å². The minimum Gasteiger partial charge on any atom is -0.316 e. The number of hydrogen-bond donors (Lipinski definition) is 2. The molecule has 0 aliphatic carbocycles. The van der Waals surface area contributed by atoms with Gasteiger partial charge in [-0.1, -0.05) is 6.92 Å². The Kier molecular flexibility index (Phi) is 3.95. The molecule has 3 nitrogen and oxygen atoms in total. The highest BCUT2D eigenvalue weighted by atomic mass is 32.1. The molecule has 2 heterocycles. The molecule has 1 fully saturated rings. The first-order valence-corrected chi connectivity index (χ1v) is 6.85. The van der Waals surface area contributed by atoms with Gasteiger partial charge >= 0.3 is 0 Å². The Morgan fingerprint density at radius 1 is 1.50 bits per heavy atom. The lowest BCUT2D eigenvalue weighted by molar-refractivity contribution is 0.296. The zero-order valence-electron chi connectivity index (χ0n) is 10.3. The third-order valence-corrected chi connectivity index (χ3v) is 4.38. The molecule has 16 heavy (non-hydrogen) atoms. The highest BCUT2D eigenvalue weighted by molar-refractivity contribution is 7.11. The first-order chi connectivity index (χ1) is 7.66. The topological polar surface area (TPSA) is 37.0 Å². The standard InChI is InChI=1S/C12H21N3S/c1-8-6-13-5-4-11(8)14-7-12-9(2)15-10(3)16-12/h8,11,13-14H,4-7H2,1-3H3. The van der Waals surface area contributed by atoms with E-state index in [-0.39, 0.29) is 0 Å². The van der Waals surface area contributed by atoms with Crippen LogP contribution in [-0.2, 0) is 6.54 Å². The van der Waals surface area contributed by atoms with Gasteiger partial charge in [0, 0.05) is 17.5 Å².